The fraction of sp³-hybridized carbons (Fsp3) is 0.379. The standard InChI is InChI=1S/2C28H33OSi.C2H6Si.2ClH.Zr/c2*1-9-21-10-11-22-15-23(26-14-17(2)20(5)29-26)16-25(22)27(21)24-12-18(3)28(19(4)13-24)30(6,7)8;1-3-2;;;/h2*10-16H,9H2,1-8H3;1-2H3;2*1H;/q;;;;;+2/p-2. The molecule has 0 N–H and O–H groups in total. The maximum atomic E-state index is 9.23. The summed E-state index contributed by atoms with van der Waals surface area (Å²) in [7, 11) is 15.3. The fourth-order valence-corrected chi connectivity index (χ4v) is 45.3. The fourth-order valence-electron chi connectivity index (χ4n) is 12.6. The molecule has 66 heavy (non-hydrogen) atoms. The maximum absolute atomic E-state index is 9.23. The zero-order valence-electron chi connectivity index (χ0n) is 43.1. The molecule has 2 nitrogen and oxygen atoms in total. The van der Waals surface area contributed by atoms with E-state index in [0.29, 0.717) is 0 Å². The van der Waals surface area contributed by atoms with Crippen molar-refractivity contribution in [2.24, 2.45) is 0 Å². The van der Waals surface area contributed by atoms with Gasteiger partial charge < -0.3 is 0 Å². The molecule has 4 aromatic carbocycles. The summed E-state index contributed by atoms with van der Waals surface area (Å²) in [6, 6.07) is 23.9. The number of halogens is 2. The van der Waals surface area contributed by atoms with E-state index in [1.165, 1.54) is 77.9 Å². The summed E-state index contributed by atoms with van der Waals surface area (Å²) in [5, 5.41) is 3.11. The quantitative estimate of drug-likeness (QED) is 0.128. The van der Waals surface area contributed by atoms with Crippen LogP contribution in [0.5, 0.6) is 0 Å². The molecule has 2 aliphatic carbocycles. The summed E-state index contributed by atoms with van der Waals surface area (Å²) in [6.07, 6.45) is 6.73. The molecule has 0 saturated heterocycles. The Kier molecular flexibility index (Phi) is 12.9. The van der Waals surface area contributed by atoms with E-state index >= 15 is 0 Å². The topological polar surface area (TPSA) is 26.3 Å². The molecule has 6 aromatic rings. The summed E-state index contributed by atoms with van der Waals surface area (Å²) in [5.41, 5.74) is 21.4. The Balaban J connectivity index is 1.48. The first-order chi connectivity index (χ1) is 30.7. The van der Waals surface area contributed by atoms with Gasteiger partial charge in [0.25, 0.3) is 0 Å². The molecule has 0 fully saturated rings. The molecule has 8 rings (SSSR count). The molecule has 0 amide bonds. The van der Waals surface area contributed by atoms with Crippen molar-refractivity contribution in [3.8, 4) is 22.3 Å². The summed E-state index contributed by atoms with van der Waals surface area (Å²) >= 11 is -5.52. The Morgan fingerprint density at radius 2 is 0.848 bits per heavy atom. The number of hydrogen-bond donors (Lipinski definition) is 0. The first-order valence-corrected chi connectivity index (χ1v) is 46.6. The van der Waals surface area contributed by atoms with Gasteiger partial charge in [-0.2, -0.15) is 0 Å². The molecule has 2 heterocycles. The van der Waals surface area contributed by atoms with Gasteiger partial charge in [0.15, 0.2) is 0 Å². The third-order valence-electron chi connectivity index (χ3n) is 15.4. The van der Waals surface area contributed by atoms with E-state index in [9.17, 15) is 17.0 Å². The van der Waals surface area contributed by atoms with Crippen molar-refractivity contribution < 1.29 is 23.8 Å². The SMILES string of the molecule is CCc1ccc2c(c1-c1cc(C)c([Si](C)(C)C)c(C)c1)C=C(c1cc(C)c(C)o1)[CH]2[Zr]([Cl])([Cl])([CH]1C(c2cc(C)c(C)o2)=Cc2c1ccc(CC)c2-c1cc(C)c([Si](C)(C)C)c(C)c1)=[Si](C)C. The molecular formula is C58H72Cl2O2Si3Zr. The van der Waals surface area contributed by atoms with Crippen LogP contribution in [0.2, 0.25) is 52.4 Å². The van der Waals surface area contributed by atoms with E-state index < -0.39 is 36.6 Å². The first-order valence-electron chi connectivity index (χ1n) is 24.2. The van der Waals surface area contributed by atoms with Crippen molar-refractivity contribution in [2.45, 2.75) is 142 Å². The molecule has 0 aliphatic heterocycles. The molecule has 8 heteroatoms. The first kappa shape index (κ1) is 49.5. The number of benzene rings is 4. The molecule has 0 radical (unpaired) electrons. The summed E-state index contributed by atoms with van der Waals surface area (Å²) in [4.78, 5) is 0. The Hall–Kier alpha value is -2.97. The van der Waals surface area contributed by atoms with Gasteiger partial charge in [0, 0.05) is 0 Å². The van der Waals surface area contributed by atoms with Crippen LogP contribution in [0.1, 0.15) is 111 Å². The predicted molar refractivity (Wildman–Crippen MR) is 294 cm³/mol. The van der Waals surface area contributed by atoms with Gasteiger partial charge in [0.2, 0.25) is 0 Å². The monoisotopic (exact) mass is 1040 g/mol. The summed E-state index contributed by atoms with van der Waals surface area (Å²) < 4.78 is 13.2. The average Bonchev–Trinajstić information content (AvgIpc) is 3.98. The van der Waals surface area contributed by atoms with Crippen LogP contribution in [0.25, 0.3) is 45.6 Å². The number of furan rings is 2. The van der Waals surface area contributed by atoms with E-state index in [0.717, 1.165) is 58.2 Å². The normalized spacial score (nSPS) is 16.4. The Bertz CT molecular complexity index is 2860. The Labute approximate surface area is 407 Å². The van der Waals surface area contributed by atoms with Gasteiger partial charge in [0.1, 0.15) is 0 Å². The molecule has 2 unspecified atom stereocenters. The molecule has 2 atom stereocenters. The van der Waals surface area contributed by atoms with Crippen molar-refractivity contribution in [3.05, 3.63) is 150 Å². The van der Waals surface area contributed by atoms with E-state index in [4.69, 9.17) is 8.83 Å². The van der Waals surface area contributed by atoms with Crippen LogP contribution in [0.4, 0.5) is 0 Å². The van der Waals surface area contributed by atoms with Crippen LogP contribution in [0.15, 0.2) is 69.5 Å². The van der Waals surface area contributed by atoms with Gasteiger partial charge in [0.05, 0.1) is 0 Å². The number of aryl methyl sites for hydroxylation is 10. The van der Waals surface area contributed by atoms with Crippen molar-refractivity contribution in [2.75, 3.05) is 0 Å². The van der Waals surface area contributed by atoms with Gasteiger partial charge in [-0.1, -0.05) is 0 Å². The van der Waals surface area contributed by atoms with Gasteiger partial charge in [-0.05, 0) is 0 Å². The van der Waals surface area contributed by atoms with E-state index in [1.54, 1.807) is 10.4 Å². The van der Waals surface area contributed by atoms with Gasteiger partial charge in [-0.3, -0.25) is 0 Å². The van der Waals surface area contributed by atoms with E-state index in [1.807, 2.05) is 0 Å². The molecule has 0 bridgehead atoms. The van der Waals surface area contributed by atoms with Crippen molar-refractivity contribution >= 4 is 72.3 Å². The second-order valence-corrected chi connectivity index (χ2v) is 71.1. The van der Waals surface area contributed by atoms with Crippen molar-refractivity contribution in [1.82, 2.24) is 0 Å². The van der Waals surface area contributed by atoms with E-state index in [2.05, 4.69) is 194 Å². The van der Waals surface area contributed by atoms with E-state index in [-0.39, 0.29) is 7.25 Å². The summed E-state index contributed by atoms with van der Waals surface area (Å²) in [5.74, 6) is 3.61. The van der Waals surface area contributed by atoms with Crippen molar-refractivity contribution in [3.63, 3.8) is 0 Å². The van der Waals surface area contributed by atoms with Crippen LogP contribution < -0.4 is 10.4 Å². The van der Waals surface area contributed by atoms with Crippen molar-refractivity contribution in [1.29, 1.82) is 0 Å². The molecule has 2 aliphatic rings. The number of fused-ring (bicyclic) bond motifs is 2. The predicted octanol–water partition coefficient (Wildman–Crippen LogP) is 17.0. The average molecular weight is 1050 g/mol. The molecule has 2 aromatic heterocycles. The van der Waals surface area contributed by atoms with Gasteiger partial charge >= 0.3 is 411 Å². The van der Waals surface area contributed by atoms with Gasteiger partial charge in [-0.15, -0.1) is 0 Å². The molecular weight excluding hydrogens is 975 g/mol. The molecule has 0 spiro atoms. The van der Waals surface area contributed by atoms with Gasteiger partial charge in [-0.25, -0.2) is 0 Å². The minimum absolute atomic E-state index is 0.238. The van der Waals surface area contributed by atoms with Crippen LogP contribution in [0.3, 0.4) is 0 Å². The zero-order valence-corrected chi connectivity index (χ0v) is 50.0. The van der Waals surface area contributed by atoms with Crippen LogP contribution in [-0.2, 0) is 27.9 Å². The van der Waals surface area contributed by atoms with Crippen LogP contribution in [0, 0.1) is 55.4 Å². The minimum atomic E-state index is -5.52. The number of hydrogen-bond acceptors (Lipinski definition) is 2. The third kappa shape index (κ3) is 7.88. The second kappa shape index (κ2) is 17.2. The summed E-state index contributed by atoms with van der Waals surface area (Å²) in [6.45, 7) is 41.9. The molecule has 346 valence electrons. The van der Waals surface area contributed by atoms with Crippen LogP contribution >= 0.6 is 17.0 Å². The Morgan fingerprint density at radius 1 is 0.515 bits per heavy atom. The zero-order chi connectivity index (χ0) is 48.3. The van der Waals surface area contributed by atoms with Crippen LogP contribution in [-0.4, -0.2) is 21.6 Å². The Morgan fingerprint density at radius 3 is 1.11 bits per heavy atom. The molecule has 0 saturated carbocycles. The number of allylic oxidation sites excluding steroid dienone is 2. The second-order valence-electron chi connectivity index (χ2n) is 22.3. The third-order valence-corrected chi connectivity index (χ3v) is 66.2. The number of rotatable bonds is 10.